The van der Waals surface area contributed by atoms with Gasteiger partial charge in [-0.25, -0.2) is 13.6 Å². The maximum absolute atomic E-state index is 14.8. The van der Waals surface area contributed by atoms with Crippen LogP contribution in [0.5, 0.6) is 0 Å². The highest BCUT2D eigenvalue weighted by molar-refractivity contribution is 6.65. The molecule has 2 unspecified atom stereocenters. The van der Waals surface area contributed by atoms with Gasteiger partial charge >= 0.3 is 19.3 Å². The zero-order valence-electron chi connectivity index (χ0n) is 24.1. The van der Waals surface area contributed by atoms with Crippen molar-refractivity contribution in [2.24, 2.45) is 0 Å². The standard InChI is InChI=1S/C29H31BF5N3O5/c1-6-22(29(33,34)35)37-16-13-19(31)23(20(32)14-16)25(39)38-21(26(40)41)12-15-9-10-18(17-8-7-11-36-24(15)17)30-42-27(2,3)28(4,5)43-30/h7-11,13-14,21-22,37H,6,12H2,1-5H3,(H,38,39)(H,40,41). The van der Waals surface area contributed by atoms with E-state index in [9.17, 15) is 36.6 Å². The Morgan fingerprint density at radius 3 is 2.19 bits per heavy atom. The number of rotatable bonds is 9. The number of fused-ring (bicyclic) bond motifs is 1. The first kappa shape index (κ1) is 32.1. The van der Waals surface area contributed by atoms with Crippen LogP contribution in [-0.4, -0.2) is 58.5 Å². The number of aromatic nitrogens is 1. The fourth-order valence-corrected chi connectivity index (χ4v) is 4.73. The monoisotopic (exact) mass is 607 g/mol. The SMILES string of the molecule is CCC(Nc1cc(F)c(C(=O)NC(Cc2ccc(B3OC(C)(C)C(C)(C)O3)c3cccnc23)C(=O)O)c(F)c1)C(F)(F)F. The number of carboxylic acid groups (broad SMARTS) is 1. The number of nitrogens with one attached hydrogen (secondary N) is 2. The predicted molar refractivity (Wildman–Crippen MR) is 150 cm³/mol. The molecular formula is C29H31BF5N3O5. The number of aliphatic carboxylic acids is 1. The molecule has 1 amide bonds. The topological polar surface area (TPSA) is 110 Å². The maximum Gasteiger partial charge on any atom is 0.495 e. The molecule has 0 spiro atoms. The summed E-state index contributed by atoms with van der Waals surface area (Å²) in [7, 11) is -0.729. The lowest BCUT2D eigenvalue weighted by Crippen LogP contribution is -2.43. The third kappa shape index (κ3) is 6.59. The molecule has 1 aromatic heterocycles. The van der Waals surface area contributed by atoms with Gasteiger partial charge in [-0.2, -0.15) is 13.2 Å². The van der Waals surface area contributed by atoms with E-state index >= 15 is 0 Å². The second kappa shape index (κ2) is 11.7. The molecular weight excluding hydrogens is 576 g/mol. The summed E-state index contributed by atoms with van der Waals surface area (Å²) in [4.78, 5) is 29.4. The van der Waals surface area contributed by atoms with E-state index in [4.69, 9.17) is 9.31 Å². The van der Waals surface area contributed by atoms with Crippen LogP contribution in [0, 0.1) is 11.6 Å². The van der Waals surface area contributed by atoms with Crippen molar-refractivity contribution in [2.45, 2.75) is 76.9 Å². The highest BCUT2D eigenvalue weighted by Gasteiger charge is 2.52. The molecule has 0 aliphatic carbocycles. The van der Waals surface area contributed by atoms with Gasteiger partial charge in [0.1, 0.15) is 29.3 Å². The highest BCUT2D eigenvalue weighted by atomic mass is 19.4. The number of alkyl halides is 3. The van der Waals surface area contributed by atoms with Crippen LogP contribution in [0.3, 0.4) is 0 Å². The molecule has 1 aliphatic rings. The zero-order valence-corrected chi connectivity index (χ0v) is 24.1. The highest BCUT2D eigenvalue weighted by Crippen LogP contribution is 2.37. The fourth-order valence-electron chi connectivity index (χ4n) is 4.73. The molecule has 1 saturated heterocycles. The predicted octanol–water partition coefficient (Wildman–Crippen LogP) is 4.99. The summed E-state index contributed by atoms with van der Waals surface area (Å²) in [5.41, 5.74) is -1.38. The largest absolute Gasteiger partial charge is 0.495 e. The number of amides is 1. The van der Waals surface area contributed by atoms with Crippen LogP contribution >= 0.6 is 0 Å². The van der Waals surface area contributed by atoms with Gasteiger partial charge in [0.15, 0.2) is 0 Å². The first-order chi connectivity index (χ1) is 19.9. The lowest BCUT2D eigenvalue weighted by molar-refractivity contribution is -0.143. The summed E-state index contributed by atoms with van der Waals surface area (Å²) >= 11 is 0. The van der Waals surface area contributed by atoms with E-state index in [-0.39, 0.29) is 6.42 Å². The zero-order chi connectivity index (χ0) is 31.9. The van der Waals surface area contributed by atoms with Gasteiger partial charge in [0.25, 0.3) is 5.91 Å². The normalized spacial score (nSPS) is 17.5. The number of anilines is 1. The van der Waals surface area contributed by atoms with E-state index in [1.807, 2.05) is 33.0 Å². The molecule has 1 fully saturated rings. The summed E-state index contributed by atoms with van der Waals surface area (Å²) in [5, 5.41) is 14.6. The van der Waals surface area contributed by atoms with Gasteiger partial charge < -0.3 is 25.0 Å². The Morgan fingerprint density at radius 1 is 1.05 bits per heavy atom. The van der Waals surface area contributed by atoms with Crippen LogP contribution in [-0.2, 0) is 20.5 Å². The minimum atomic E-state index is -4.67. The van der Waals surface area contributed by atoms with E-state index in [1.54, 1.807) is 24.3 Å². The molecule has 0 radical (unpaired) electrons. The molecule has 2 heterocycles. The van der Waals surface area contributed by atoms with E-state index in [2.05, 4.69) is 10.3 Å². The van der Waals surface area contributed by atoms with Crippen molar-refractivity contribution < 1.29 is 46.0 Å². The van der Waals surface area contributed by atoms with E-state index in [1.165, 1.54) is 13.1 Å². The number of carbonyl (C=O) groups is 2. The first-order valence-corrected chi connectivity index (χ1v) is 13.5. The fraction of sp³-hybridized carbons (Fsp3) is 0.414. The Balaban J connectivity index is 1.59. The summed E-state index contributed by atoms with van der Waals surface area (Å²) < 4.78 is 81.2. The number of hydrogen-bond acceptors (Lipinski definition) is 6. The van der Waals surface area contributed by atoms with Crippen molar-refractivity contribution in [1.82, 2.24) is 10.3 Å². The third-order valence-corrected chi connectivity index (χ3v) is 7.84. The molecule has 0 bridgehead atoms. The molecule has 2 atom stereocenters. The smallest absolute Gasteiger partial charge is 0.480 e. The Kier molecular flexibility index (Phi) is 8.76. The maximum atomic E-state index is 14.8. The molecule has 8 nitrogen and oxygen atoms in total. The molecule has 1 aliphatic heterocycles. The van der Waals surface area contributed by atoms with Crippen LogP contribution in [0.1, 0.15) is 57.0 Å². The van der Waals surface area contributed by atoms with Gasteiger partial charge in [0, 0.05) is 23.7 Å². The van der Waals surface area contributed by atoms with Crippen LogP contribution in [0.4, 0.5) is 27.6 Å². The van der Waals surface area contributed by atoms with Crippen molar-refractivity contribution >= 4 is 41.0 Å². The number of hydrogen-bond donors (Lipinski definition) is 3. The molecule has 3 N–H and O–H groups in total. The Morgan fingerprint density at radius 2 is 1.65 bits per heavy atom. The van der Waals surface area contributed by atoms with E-state index in [0.29, 0.717) is 34.1 Å². The number of pyridine rings is 1. The van der Waals surface area contributed by atoms with Crippen molar-refractivity contribution in [3.8, 4) is 0 Å². The van der Waals surface area contributed by atoms with E-state index in [0.717, 1.165) is 0 Å². The number of benzene rings is 2. The van der Waals surface area contributed by atoms with Crippen LogP contribution < -0.4 is 16.1 Å². The Hall–Kier alpha value is -3.78. The average molecular weight is 607 g/mol. The van der Waals surface area contributed by atoms with Crippen molar-refractivity contribution in [2.75, 3.05) is 5.32 Å². The average Bonchev–Trinajstić information content (AvgIpc) is 3.11. The van der Waals surface area contributed by atoms with Gasteiger partial charge in [-0.05, 0) is 63.3 Å². The number of carbonyl (C=O) groups excluding carboxylic acids is 1. The molecule has 2 aromatic carbocycles. The van der Waals surface area contributed by atoms with Crippen LogP contribution in [0.2, 0.25) is 0 Å². The van der Waals surface area contributed by atoms with Gasteiger partial charge in [-0.15, -0.1) is 0 Å². The van der Waals surface area contributed by atoms with Crippen LogP contribution in [0.25, 0.3) is 10.9 Å². The molecule has 3 aromatic rings. The molecule has 4 rings (SSSR count). The summed E-state index contributed by atoms with van der Waals surface area (Å²) in [5.74, 6) is -5.79. The Bertz CT molecular complexity index is 1510. The van der Waals surface area contributed by atoms with Gasteiger partial charge in [0.2, 0.25) is 0 Å². The first-order valence-electron chi connectivity index (χ1n) is 13.5. The molecule has 0 saturated carbocycles. The van der Waals surface area contributed by atoms with Crippen molar-refractivity contribution in [3.05, 3.63) is 65.4 Å². The second-order valence-electron chi connectivity index (χ2n) is 11.3. The molecule has 14 heteroatoms. The van der Waals surface area contributed by atoms with Crippen molar-refractivity contribution in [1.29, 1.82) is 0 Å². The quantitative estimate of drug-likeness (QED) is 0.232. The van der Waals surface area contributed by atoms with Crippen molar-refractivity contribution in [3.63, 3.8) is 0 Å². The van der Waals surface area contributed by atoms with Gasteiger partial charge in [-0.3, -0.25) is 9.78 Å². The number of carboxylic acids is 1. The van der Waals surface area contributed by atoms with Crippen LogP contribution in [0.15, 0.2) is 42.6 Å². The molecule has 43 heavy (non-hydrogen) atoms. The lowest BCUT2D eigenvalue weighted by Gasteiger charge is -2.32. The number of halogens is 5. The minimum absolute atomic E-state index is 0.301. The molecule has 230 valence electrons. The van der Waals surface area contributed by atoms with Gasteiger partial charge in [-0.1, -0.05) is 25.1 Å². The third-order valence-electron chi connectivity index (χ3n) is 7.84. The second-order valence-corrected chi connectivity index (χ2v) is 11.3. The summed E-state index contributed by atoms with van der Waals surface area (Å²) in [6, 6.07) is 4.18. The minimum Gasteiger partial charge on any atom is -0.480 e. The Labute approximate surface area is 245 Å². The summed E-state index contributed by atoms with van der Waals surface area (Å²) in [6.07, 6.45) is -3.87. The summed E-state index contributed by atoms with van der Waals surface area (Å²) in [6.45, 7) is 8.87. The van der Waals surface area contributed by atoms with Gasteiger partial charge in [0.05, 0.1) is 16.7 Å². The van der Waals surface area contributed by atoms with E-state index < -0.39 is 77.8 Å². The number of nitrogens with zero attached hydrogens (tertiary/aromatic N) is 1. The lowest BCUT2D eigenvalue weighted by atomic mass is 9.76.